The van der Waals surface area contributed by atoms with E-state index in [1.807, 2.05) is 41.9 Å². The number of nitrogens with one attached hydrogen (secondary N) is 1. The van der Waals surface area contributed by atoms with E-state index in [-0.39, 0.29) is 6.03 Å². The van der Waals surface area contributed by atoms with Gasteiger partial charge in [-0.15, -0.1) is 0 Å². The summed E-state index contributed by atoms with van der Waals surface area (Å²) < 4.78 is 11.4. The summed E-state index contributed by atoms with van der Waals surface area (Å²) in [6.45, 7) is 0.427. The van der Waals surface area contributed by atoms with Gasteiger partial charge in [-0.05, 0) is 18.2 Å². The van der Waals surface area contributed by atoms with Crippen LogP contribution in [0, 0.1) is 0 Å². The van der Waals surface area contributed by atoms with Crippen LogP contribution in [0.2, 0.25) is 5.02 Å². The Bertz CT molecular complexity index is 924. The summed E-state index contributed by atoms with van der Waals surface area (Å²) >= 11 is 7.11. The Kier molecular flexibility index (Phi) is 5.43. The molecule has 2 aromatic heterocycles. The highest BCUT2D eigenvalue weighted by atomic mass is 35.5. The van der Waals surface area contributed by atoms with Gasteiger partial charge >= 0.3 is 6.03 Å². The van der Waals surface area contributed by atoms with Crippen LogP contribution in [0.15, 0.2) is 36.5 Å². The Balaban J connectivity index is 1.66. The first kappa shape index (κ1) is 18.2. The quantitative estimate of drug-likeness (QED) is 0.716. The van der Waals surface area contributed by atoms with Crippen LogP contribution in [0.3, 0.4) is 0 Å². The average molecular weight is 392 g/mol. The lowest BCUT2D eigenvalue weighted by molar-refractivity contribution is 0.220. The molecule has 0 saturated heterocycles. The number of halogens is 1. The number of benzene rings is 1. The van der Waals surface area contributed by atoms with Crippen molar-refractivity contribution < 1.29 is 9.53 Å². The van der Waals surface area contributed by atoms with Crippen molar-refractivity contribution in [2.45, 2.75) is 6.54 Å². The monoisotopic (exact) mass is 391 g/mol. The zero-order valence-corrected chi connectivity index (χ0v) is 16.1. The predicted octanol–water partition coefficient (Wildman–Crippen LogP) is 3.87. The van der Waals surface area contributed by atoms with Crippen molar-refractivity contribution in [1.29, 1.82) is 0 Å². The van der Waals surface area contributed by atoms with E-state index >= 15 is 0 Å². The number of hydrogen-bond donors (Lipinski definition) is 1. The van der Waals surface area contributed by atoms with Crippen LogP contribution in [0.25, 0.3) is 11.4 Å². The highest BCUT2D eigenvalue weighted by molar-refractivity contribution is 7.10. The molecular formula is C17H18ClN5O2S. The second kappa shape index (κ2) is 7.76. The third-order valence-corrected chi connectivity index (χ3v) is 4.63. The Labute approximate surface area is 160 Å². The van der Waals surface area contributed by atoms with E-state index in [0.717, 1.165) is 28.5 Å². The molecule has 136 valence electrons. The van der Waals surface area contributed by atoms with Gasteiger partial charge in [-0.3, -0.25) is 5.32 Å². The number of nitrogens with zero attached hydrogens (tertiary/aromatic N) is 4. The summed E-state index contributed by atoms with van der Waals surface area (Å²) in [6.07, 6.45) is 1.80. The van der Waals surface area contributed by atoms with Crippen molar-refractivity contribution in [3.8, 4) is 17.1 Å². The molecule has 2 heterocycles. The van der Waals surface area contributed by atoms with Crippen LogP contribution in [0.4, 0.5) is 9.93 Å². The van der Waals surface area contributed by atoms with Gasteiger partial charge in [0.05, 0.1) is 18.7 Å². The number of amides is 2. The first-order valence-electron chi connectivity index (χ1n) is 7.77. The summed E-state index contributed by atoms with van der Waals surface area (Å²) in [4.78, 5) is 18.3. The van der Waals surface area contributed by atoms with Gasteiger partial charge in [-0.1, -0.05) is 23.7 Å². The Morgan fingerprint density at radius 3 is 2.92 bits per heavy atom. The van der Waals surface area contributed by atoms with E-state index in [9.17, 15) is 4.79 Å². The van der Waals surface area contributed by atoms with Gasteiger partial charge in [0.15, 0.2) is 5.82 Å². The number of aryl methyl sites for hydroxylation is 1. The zero-order chi connectivity index (χ0) is 18.7. The largest absolute Gasteiger partial charge is 0.497 e. The normalized spacial score (nSPS) is 10.6. The van der Waals surface area contributed by atoms with Crippen LogP contribution < -0.4 is 10.1 Å². The number of hydrogen-bond acceptors (Lipinski definition) is 5. The summed E-state index contributed by atoms with van der Waals surface area (Å²) in [5.74, 6) is 1.27. The molecule has 0 unspecified atom stereocenters. The molecule has 9 heteroatoms. The number of ether oxygens (including phenoxy) is 1. The second-order valence-corrected chi connectivity index (χ2v) is 6.89. The van der Waals surface area contributed by atoms with Crippen LogP contribution in [-0.2, 0) is 13.6 Å². The second-order valence-electron chi connectivity index (χ2n) is 5.70. The summed E-state index contributed by atoms with van der Waals surface area (Å²) in [6, 6.07) is 9.02. The van der Waals surface area contributed by atoms with E-state index < -0.39 is 0 Å². The van der Waals surface area contributed by atoms with E-state index in [4.69, 9.17) is 16.3 Å². The molecule has 1 N–H and O–H groups in total. The molecule has 1 aromatic carbocycles. The number of carbonyl (C=O) groups excluding carboxylic acids is 1. The van der Waals surface area contributed by atoms with Gasteiger partial charge in [-0.25, -0.2) is 4.79 Å². The smallest absolute Gasteiger partial charge is 0.323 e. The predicted molar refractivity (Wildman–Crippen MR) is 103 cm³/mol. The molecule has 0 radical (unpaired) electrons. The minimum atomic E-state index is -0.268. The van der Waals surface area contributed by atoms with Crippen LogP contribution in [0.1, 0.15) is 5.69 Å². The van der Waals surface area contributed by atoms with Gasteiger partial charge < -0.3 is 14.2 Å². The fourth-order valence-corrected chi connectivity index (χ4v) is 3.23. The van der Waals surface area contributed by atoms with Gasteiger partial charge in [-0.2, -0.15) is 9.36 Å². The zero-order valence-electron chi connectivity index (χ0n) is 14.6. The molecule has 3 aromatic rings. The molecule has 0 aliphatic rings. The van der Waals surface area contributed by atoms with Crippen molar-refractivity contribution in [3.05, 3.63) is 47.2 Å². The van der Waals surface area contributed by atoms with Crippen molar-refractivity contribution in [1.82, 2.24) is 18.8 Å². The van der Waals surface area contributed by atoms with E-state index in [0.29, 0.717) is 22.5 Å². The molecule has 3 rings (SSSR count). The number of aromatic nitrogens is 3. The summed E-state index contributed by atoms with van der Waals surface area (Å²) in [5, 5.41) is 3.84. The molecular weight excluding hydrogens is 374 g/mol. The number of methoxy groups -OCH3 is 1. The number of rotatable bonds is 5. The van der Waals surface area contributed by atoms with Crippen LogP contribution in [0.5, 0.6) is 5.75 Å². The SMILES string of the molecule is COc1cccc(-c2nsc(NC(=O)N(C)Cc3cc(Cl)cn3C)n2)c1. The molecule has 0 fully saturated rings. The summed E-state index contributed by atoms with van der Waals surface area (Å²) in [7, 11) is 5.20. The lowest BCUT2D eigenvalue weighted by Crippen LogP contribution is -2.31. The standard InChI is InChI=1S/C17H18ClN5O2S/c1-22-9-12(18)8-13(22)10-23(2)17(24)20-16-19-15(21-26-16)11-5-4-6-14(7-11)25-3/h4-9H,10H2,1-3H3,(H,19,20,21,24). The maximum Gasteiger partial charge on any atom is 0.323 e. The molecule has 0 atom stereocenters. The van der Waals surface area contributed by atoms with Crippen molar-refractivity contribution in [2.75, 3.05) is 19.5 Å². The molecule has 0 aliphatic carbocycles. The van der Waals surface area contributed by atoms with Crippen molar-refractivity contribution in [3.63, 3.8) is 0 Å². The van der Waals surface area contributed by atoms with E-state index in [1.165, 1.54) is 0 Å². The maximum atomic E-state index is 12.4. The minimum absolute atomic E-state index is 0.268. The topological polar surface area (TPSA) is 72.3 Å². The number of urea groups is 1. The van der Waals surface area contributed by atoms with Gasteiger partial charge in [0, 0.05) is 43.1 Å². The highest BCUT2D eigenvalue weighted by Crippen LogP contribution is 2.24. The highest BCUT2D eigenvalue weighted by Gasteiger charge is 2.15. The Hall–Kier alpha value is -2.58. The lowest BCUT2D eigenvalue weighted by Gasteiger charge is -2.17. The minimum Gasteiger partial charge on any atom is -0.497 e. The fourth-order valence-electron chi connectivity index (χ4n) is 2.38. The van der Waals surface area contributed by atoms with Gasteiger partial charge in [0.1, 0.15) is 5.75 Å². The molecule has 26 heavy (non-hydrogen) atoms. The van der Waals surface area contributed by atoms with Crippen molar-refractivity contribution >= 4 is 34.3 Å². The molecule has 0 spiro atoms. The Morgan fingerprint density at radius 2 is 2.23 bits per heavy atom. The van der Waals surface area contributed by atoms with Gasteiger partial charge in [0.25, 0.3) is 0 Å². The van der Waals surface area contributed by atoms with E-state index in [1.54, 1.807) is 25.3 Å². The molecule has 0 aliphatic heterocycles. The molecule has 7 nitrogen and oxygen atoms in total. The Morgan fingerprint density at radius 1 is 1.42 bits per heavy atom. The number of anilines is 1. The van der Waals surface area contributed by atoms with Crippen LogP contribution in [-0.4, -0.2) is 39.0 Å². The van der Waals surface area contributed by atoms with Crippen LogP contribution >= 0.6 is 23.1 Å². The summed E-state index contributed by atoms with van der Waals surface area (Å²) in [5.41, 5.74) is 1.76. The number of carbonyl (C=O) groups is 1. The third-order valence-electron chi connectivity index (χ3n) is 3.79. The average Bonchev–Trinajstić information content (AvgIpc) is 3.21. The first-order valence-corrected chi connectivity index (χ1v) is 8.92. The maximum absolute atomic E-state index is 12.4. The lowest BCUT2D eigenvalue weighted by atomic mass is 10.2. The molecule has 2 amide bonds. The first-order chi connectivity index (χ1) is 12.5. The van der Waals surface area contributed by atoms with Crippen molar-refractivity contribution in [2.24, 2.45) is 7.05 Å². The fraction of sp³-hybridized carbons (Fsp3) is 0.235. The van der Waals surface area contributed by atoms with E-state index in [2.05, 4.69) is 14.7 Å². The van der Waals surface area contributed by atoms with Gasteiger partial charge in [0.2, 0.25) is 5.13 Å². The molecule has 0 saturated carbocycles. The third kappa shape index (κ3) is 4.14. The molecule has 0 bridgehead atoms.